The van der Waals surface area contributed by atoms with Crippen molar-refractivity contribution in [1.82, 2.24) is 15.5 Å². The van der Waals surface area contributed by atoms with Crippen molar-refractivity contribution in [2.45, 2.75) is 59.5 Å². The number of aryl methyl sites for hydroxylation is 2. The van der Waals surface area contributed by atoms with E-state index in [0.29, 0.717) is 39.4 Å². The molecule has 8 heteroatoms. The zero-order valence-electron chi connectivity index (χ0n) is 25.0. The van der Waals surface area contributed by atoms with Crippen LogP contribution in [0.3, 0.4) is 0 Å². The minimum absolute atomic E-state index is 0.0347. The van der Waals surface area contributed by atoms with Crippen LogP contribution in [0.15, 0.2) is 69.9 Å². The van der Waals surface area contributed by atoms with E-state index in [1.807, 2.05) is 96.1 Å². The lowest BCUT2D eigenvalue weighted by Crippen LogP contribution is -2.24. The second-order valence-corrected chi connectivity index (χ2v) is 11.5. The number of fused-ring (bicyclic) bond motifs is 1. The van der Waals surface area contributed by atoms with Crippen molar-refractivity contribution in [2.24, 2.45) is 0 Å². The van der Waals surface area contributed by atoms with E-state index < -0.39 is 5.41 Å². The van der Waals surface area contributed by atoms with Gasteiger partial charge in [0.2, 0.25) is 6.39 Å². The Morgan fingerprint density at radius 2 is 1.71 bits per heavy atom. The van der Waals surface area contributed by atoms with E-state index in [1.54, 1.807) is 7.05 Å². The zero-order chi connectivity index (χ0) is 30.2. The standard InChI is InChI=1S/C34H35N3O5/c1-19(2)41-28-16-29-26(30(32(39)35-7)31(42-29)22-11-8-20(3)9-12-22)15-25(28)23-13-10-21(4)24(14-23)27(38)17-34(5,6)33-36-18-40-37-33/h8-16,18-19H,17H2,1-7H3,(H,35,39). The summed E-state index contributed by atoms with van der Waals surface area (Å²) in [6.45, 7) is 11.7. The molecule has 3 aromatic carbocycles. The van der Waals surface area contributed by atoms with Crippen LogP contribution < -0.4 is 10.1 Å². The molecular weight excluding hydrogens is 530 g/mol. The van der Waals surface area contributed by atoms with Gasteiger partial charge in [0, 0.05) is 47.0 Å². The predicted octanol–water partition coefficient (Wildman–Crippen LogP) is 7.46. The van der Waals surface area contributed by atoms with E-state index in [1.165, 1.54) is 6.39 Å². The first-order valence-corrected chi connectivity index (χ1v) is 14.0. The summed E-state index contributed by atoms with van der Waals surface area (Å²) >= 11 is 0. The van der Waals surface area contributed by atoms with Crippen LogP contribution >= 0.6 is 0 Å². The molecule has 0 aliphatic rings. The number of aromatic nitrogens is 2. The normalized spacial score (nSPS) is 11.7. The van der Waals surface area contributed by atoms with Gasteiger partial charge in [-0.25, -0.2) is 0 Å². The Morgan fingerprint density at radius 1 is 1.00 bits per heavy atom. The topological polar surface area (TPSA) is 107 Å². The lowest BCUT2D eigenvalue weighted by atomic mass is 9.83. The van der Waals surface area contributed by atoms with Crippen molar-refractivity contribution in [3.8, 4) is 28.2 Å². The van der Waals surface area contributed by atoms with Gasteiger partial charge in [0.15, 0.2) is 11.6 Å². The van der Waals surface area contributed by atoms with Crippen molar-refractivity contribution < 1.29 is 23.3 Å². The molecular formula is C34H35N3O5. The number of furan rings is 1. The lowest BCUT2D eigenvalue weighted by Gasteiger charge is -2.20. The first kappa shape index (κ1) is 28.8. The fourth-order valence-corrected chi connectivity index (χ4v) is 5.09. The van der Waals surface area contributed by atoms with Crippen LogP contribution in [0.4, 0.5) is 0 Å². The molecule has 0 unspecified atom stereocenters. The molecule has 0 bridgehead atoms. The van der Waals surface area contributed by atoms with Crippen LogP contribution in [0.2, 0.25) is 0 Å². The summed E-state index contributed by atoms with van der Waals surface area (Å²) in [6.07, 6.45) is 1.36. The van der Waals surface area contributed by atoms with Gasteiger partial charge in [0.25, 0.3) is 5.91 Å². The maximum atomic E-state index is 13.6. The number of carbonyl (C=O) groups is 2. The van der Waals surface area contributed by atoms with Gasteiger partial charge in [0.05, 0.1) is 11.7 Å². The molecule has 0 atom stereocenters. The smallest absolute Gasteiger partial charge is 0.255 e. The molecule has 2 aromatic heterocycles. The largest absolute Gasteiger partial charge is 0.490 e. The Hall–Kier alpha value is -4.72. The van der Waals surface area contributed by atoms with E-state index >= 15 is 0 Å². The first-order chi connectivity index (χ1) is 20.0. The summed E-state index contributed by atoms with van der Waals surface area (Å²) in [4.78, 5) is 31.0. The molecule has 1 N–H and O–H groups in total. The van der Waals surface area contributed by atoms with Crippen LogP contribution in [-0.4, -0.2) is 35.0 Å². The number of ether oxygens (including phenoxy) is 1. The van der Waals surface area contributed by atoms with Crippen LogP contribution in [0.25, 0.3) is 33.4 Å². The Balaban J connectivity index is 1.66. The number of amides is 1. The molecule has 0 fully saturated rings. The monoisotopic (exact) mass is 565 g/mol. The highest BCUT2D eigenvalue weighted by molar-refractivity contribution is 6.12. The molecule has 0 aliphatic heterocycles. The van der Waals surface area contributed by atoms with Crippen molar-refractivity contribution in [3.63, 3.8) is 0 Å². The predicted molar refractivity (Wildman–Crippen MR) is 162 cm³/mol. The van der Waals surface area contributed by atoms with Gasteiger partial charge >= 0.3 is 0 Å². The van der Waals surface area contributed by atoms with E-state index in [-0.39, 0.29) is 24.2 Å². The Labute approximate surface area is 245 Å². The van der Waals surface area contributed by atoms with Crippen LogP contribution in [0.1, 0.15) is 71.8 Å². The fourth-order valence-electron chi connectivity index (χ4n) is 5.09. The van der Waals surface area contributed by atoms with Gasteiger partial charge in [-0.15, -0.1) is 0 Å². The van der Waals surface area contributed by atoms with Crippen LogP contribution in [0.5, 0.6) is 5.75 Å². The highest BCUT2D eigenvalue weighted by Crippen LogP contribution is 2.41. The van der Waals surface area contributed by atoms with Gasteiger partial charge in [-0.3, -0.25) is 9.59 Å². The Bertz CT molecular complexity index is 1760. The number of hydrogen-bond acceptors (Lipinski definition) is 7. The quantitative estimate of drug-likeness (QED) is 0.185. The number of nitrogens with zero attached hydrogens (tertiary/aromatic N) is 2. The van der Waals surface area contributed by atoms with E-state index in [0.717, 1.165) is 27.8 Å². The molecule has 8 nitrogen and oxygen atoms in total. The summed E-state index contributed by atoms with van der Waals surface area (Å²) in [5, 5.41) is 7.37. The van der Waals surface area contributed by atoms with Gasteiger partial charge in [-0.1, -0.05) is 61.0 Å². The van der Waals surface area contributed by atoms with Crippen molar-refractivity contribution >= 4 is 22.7 Å². The Kier molecular flexibility index (Phi) is 7.73. The third kappa shape index (κ3) is 5.57. The first-order valence-electron chi connectivity index (χ1n) is 14.0. The van der Waals surface area contributed by atoms with Gasteiger partial charge in [-0.05, 0) is 51.0 Å². The number of carbonyl (C=O) groups excluding carboxylic acids is 2. The zero-order valence-corrected chi connectivity index (χ0v) is 25.0. The fraction of sp³-hybridized carbons (Fsp3) is 0.294. The third-order valence-corrected chi connectivity index (χ3v) is 7.34. The van der Waals surface area contributed by atoms with Gasteiger partial charge in [-0.2, -0.15) is 4.98 Å². The summed E-state index contributed by atoms with van der Waals surface area (Å²) in [5.41, 5.74) is 5.28. The molecule has 5 rings (SSSR count). The van der Waals surface area contributed by atoms with E-state index in [9.17, 15) is 9.59 Å². The molecule has 0 saturated carbocycles. The molecule has 0 spiro atoms. The molecule has 0 radical (unpaired) electrons. The number of Topliss-reactive ketones (excluding diaryl/α,β-unsaturated/α-hetero) is 1. The maximum Gasteiger partial charge on any atom is 0.255 e. The van der Waals surface area contributed by atoms with Crippen LogP contribution in [-0.2, 0) is 5.41 Å². The highest BCUT2D eigenvalue weighted by Gasteiger charge is 2.30. The number of benzene rings is 3. The molecule has 216 valence electrons. The molecule has 0 aliphatic carbocycles. The number of hydrogen-bond donors (Lipinski definition) is 1. The number of nitrogens with one attached hydrogen (secondary N) is 1. The summed E-state index contributed by atoms with van der Waals surface area (Å²) in [7, 11) is 1.60. The van der Waals surface area contributed by atoms with Crippen molar-refractivity contribution in [3.05, 3.63) is 89.1 Å². The van der Waals surface area contributed by atoms with E-state index in [4.69, 9.17) is 13.7 Å². The van der Waals surface area contributed by atoms with Crippen molar-refractivity contribution in [2.75, 3.05) is 7.05 Å². The minimum Gasteiger partial charge on any atom is -0.490 e. The molecule has 5 aromatic rings. The average Bonchev–Trinajstić information content (AvgIpc) is 3.61. The minimum atomic E-state index is -0.608. The number of ketones is 1. The second-order valence-electron chi connectivity index (χ2n) is 11.5. The summed E-state index contributed by atoms with van der Waals surface area (Å²) in [6, 6.07) is 17.4. The maximum absolute atomic E-state index is 13.6. The molecule has 2 heterocycles. The summed E-state index contributed by atoms with van der Waals surface area (Å²) < 4.78 is 17.5. The number of rotatable bonds is 9. The third-order valence-electron chi connectivity index (χ3n) is 7.34. The van der Waals surface area contributed by atoms with Gasteiger partial charge < -0.3 is 19.0 Å². The van der Waals surface area contributed by atoms with E-state index in [2.05, 4.69) is 15.5 Å². The SMILES string of the molecule is CNC(=O)c1c(-c2ccc(C)cc2)oc2cc(OC(C)C)c(-c3ccc(C)c(C(=O)CC(C)(C)c4ncon4)c3)cc12. The van der Waals surface area contributed by atoms with Gasteiger partial charge in [0.1, 0.15) is 17.1 Å². The van der Waals surface area contributed by atoms with Crippen LogP contribution in [0, 0.1) is 13.8 Å². The molecule has 1 amide bonds. The molecule has 0 saturated heterocycles. The Morgan fingerprint density at radius 3 is 2.36 bits per heavy atom. The molecule has 42 heavy (non-hydrogen) atoms. The summed E-state index contributed by atoms with van der Waals surface area (Å²) in [5.74, 6) is 1.28. The lowest BCUT2D eigenvalue weighted by molar-refractivity contribution is 0.0949. The van der Waals surface area contributed by atoms with Crippen molar-refractivity contribution in [1.29, 1.82) is 0 Å². The average molecular weight is 566 g/mol. The highest BCUT2D eigenvalue weighted by atomic mass is 16.5. The second kappa shape index (κ2) is 11.3.